The highest BCUT2D eigenvalue weighted by atomic mass is 16.6. The van der Waals surface area contributed by atoms with Crippen LogP contribution in [0.25, 0.3) is 0 Å². The summed E-state index contributed by atoms with van der Waals surface area (Å²) in [6.07, 6.45) is 72.8. The Morgan fingerprint density at radius 2 is 0.618 bits per heavy atom. The van der Waals surface area contributed by atoms with E-state index in [4.69, 9.17) is 14.2 Å². The molecular formula is C62H106O6. The highest BCUT2D eigenvalue weighted by molar-refractivity contribution is 5.71. The van der Waals surface area contributed by atoms with Gasteiger partial charge in [-0.15, -0.1) is 0 Å². The van der Waals surface area contributed by atoms with Crippen molar-refractivity contribution in [3.8, 4) is 0 Å². The zero-order chi connectivity index (χ0) is 49.3. The topological polar surface area (TPSA) is 78.9 Å². The summed E-state index contributed by atoms with van der Waals surface area (Å²) >= 11 is 0. The molecule has 0 bridgehead atoms. The fourth-order valence-electron chi connectivity index (χ4n) is 7.83. The zero-order valence-corrected chi connectivity index (χ0v) is 44.6. The Morgan fingerprint density at radius 3 is 1.01 bits per heavy atom. The molecule has 6 nitrogen and oxygen atoms in total. The van der Waals surface area contributed by atoms with Crippen molar-refractivity contribution in [1.82, 2.24) is 0 Å². The summed E-state index contributed by atoms with van der Waals surface area (Å²) in [5, 5.41) is 0. The number of unbranched alkanes of at least 4 members (excludes halogenated alkanes) is 27. The third-order valence-electron chi connectivity index (χ3n) is 12.1. The van der Waals surface area contributed by atoms with Crippen molar-refractivity contribution in [2.24, 2.45) is 0 Å². The van der Waals surface area contributed by atoms with E-state index in [2.05, 4.69) is 106 Å². The summed E-state index contributed by atoms with van der Waals surface area (Å²) in [5.74, 6) is -0.949. The molecule has 0 N–H and O–H groups in total. The van der Waals surface area contributed by atoms with Crippen LogP contribution in [-0.4, -0.2) is 37.2 Å². The lowest BCUT2D eigenvalue weighted by atomic mass is 10.1. The second-order valence-electron chi connectivity index (χ2n) is 18.8. The highest BCUT2D eigenvalue weighted by Gasteiger charge is 2.19. The van der Waals surface area contributed by atoms with Crippen LogP contribution in [0.4, 0.5) is 0 Å². The molecule has 0 aliphatic heterocycles. The van der Waals surface area contributed by atoms with Gasteiger partial charge >= 0.3 is 17.9 Å². The molecule has 0 aliphatic carbocycles. The van der Waals surface area contributed by atoms with E-state index in [1.54, 1.807) is 0 Å². The van der Waals surface area contributed by atoms with E-state index < -0.39 is 6.10 Å². The number of hydrogen-bond donors (Lipinski definition) is 0. The summed E-state index contributed by atoms with van der Waals surface area (Å²) in [6, 6.07) is 0. The first-order chi connectivity index (χ1) is 33.5. The summed E-state index contributed by atoms with van der Waals surface area (Å²) in [6.45, 7) is 6.48. The van der Waals surface area contributed by atoms with Gasteiger partial charge in [0.15, 0.2) is 6.10 Å². The second kappa shape index (κ2) is 56.2. The predicted molar refractivity (Wildman–Crippen MR) is 293 cm³/mol. The maximum atomic E-state index is 12.8. The molecule has 0 fully saturated rings. The van der Waals surface area contributed by atoms with Crippen molar-refractivity contribution in [1.29, 1.82) is 0 Å². The van der Waals surface area contributed by atoms with Crippen LogP contribution in [0.1, 0.15) is 271 Å². The van der Waals surface area contributed by atoms with Crippen LogP contribution < -0.4 is 0 Å². The van der Waals surface area contributed by atoms with Crippen LogP contribution in [0.5, 0.6) is 0 Å². The largest absolute Gasteiger partial charge is 0.462 e. The molecule has 0 aromatic heterocycles. The van der Waals surface area contributed by atoms with Crippen LogP contribution in [0.3, 0.4) is 0 Å². The Labute approximate surface area is 420 Å². The second-order valence-corrected chi connectivity index (χ2v) is 18.8. The van der Waals surface area contributed by atoms with Gasteiger partial charge in [-0.05, 0) is 109 Å². The summed E-state index contributed by atoms with van der Waals surface area (Å²) in [4.78, 5) is 38.1. The van der Waals surface area contributed by atoms with E-state index >= 15 is 0 Å². The maximum Gasteiger partial charge on any atom is 0.306 e. The van der Waals surface area contributed by atoms with Crippen LogP contribution in [-0.2, 0) is 28.6 Å². The number of ether oxygens (including phenoxy) is 3. The van der Waals surface area contributed by atoms with Gasteiger partial charge in [-0.25, -0.2) is 0 Å². The minimum atomic E-state index is -0.804. The Hall–Kier alpha value is -3.41. The molecule has 0 radical (unpaired) electrons. The standard InChI is InChI=1S/C62H106O6/c1-4-7-10-13-16-19-22-25-28-31-32-35-37-40-43-46-49-52-55-61(64)67-58-59(68-62(65)56-53-50-47-44-41-38-34-30-27-24-21-18-15-12-9-6-3)57-66-60(63)54-51-48-45-42-39-36-33-29-26-23-20-17-14-11-8-5-2/h9,12,18,21,27-33,35,38,41,59H,4-8,10-11,13-17,19-20,22-26,34,36-37,39-40,42-58H2,1-3H3/b12-9-,21-18-,30-27-,31-28-,33-29-,35-32-,41-38-. The first-order valence-electron chi connectivity index (χ1n) is 28.6. The van der Waals surface area contributed by atoms with Crippen molar-refractivity contribution in [2.75, 3.05) is 13.2 Å². The first kappa shape index (κ1) is 64.6. The molecule has 0 amide bonds. The van der Waals surface area contributed by atoms with Crippen LogP contribution in [0.2, 0.25) is 0 Å². The average molecular weight is 948 g/mol. The van der Waals surface area contributed by atoms with E-state index in [9.17, 15) is 14.4 Å². The number of carbonyl (C=O) groups excluding carboxylic acids is 3. The highest BCUT2D eigenvalue weighted by Crippen LogP contribution is 2.14. The molecule has 0 saturated heterocycles. The van der Waals surface area contributed by atoms with Gasteiger partial charge in [0.25, 0.3) is 0 Å². The minimum absolute atomic E-state index is 0.0989. The van der Waals surface area contributed by atoms with Gasteiger partial charge in [-0.3, -0.25) is 14.4 Å². The van der Waals surface area contributed by atoms with Crippen molar-refractivity contribution in [3.05, 3.63) is 85.1 Å². The Morgan fingerprint density at radius 1 is 0.324 bits per heavy atom. The van der Waals surface area contributed by atoms with Crippen molar-refractivity contribution in [3.63, 3.8) is 0 Å². The lowest BCUT2D eigenvalue weighted by Gasteiger charge is -2.18. The van der Waals surface area contributed by atoms with E-state index in [1.807, 2.05) is 0 Å². The lowest BCUT2D eigenvalue weighted by Crippen LogP contribution is -2.30. The van der Waals surface area contributed by atoms with Gasteiger partial charge < -0.3 is 14.2 Å². The number of carbonyl (C=O) groups is 3. The molecule has 0 rings (SSSR count). The normalized spacial score (nSPS) is 12.7. The van der Waals surface area contributed by atoms with Crippen LogP contribution in [0, 0.1) is 0 Å². The maximum absolute atomic E-state index is 12.8. The monoisotopic (exact) mass is 947 g/mol. The summed E-state index contributed by atoms with van der Waals surface area (Å²) < 4.78 is 16.8. The molecule has 0 aliphatic rings. The third-order valence-corrected chi connectivity index (χ3v) is 12.1. The molecule has 0 heterocycles. The number of hydrogen-bond acceptors (Lipinski definition) is 6. The van der Waals surface area contributed by atoms with E-state index in [0.717, 1.165) is 116 Å². The molecule has 0 aromatic rings. The summed E-state index contributed by atoms with van der Waals surface area (Å²) in [5.41, 5.74) is 0. The molecule has 0 aromatic carbocycles. The fourth-order valence-corrected chi connectivity index (χ4v) is 7.83. The van der Waals surface area contributed by atoms with Crippen molar-refractivity contribution in [2.45, 2.75) is 277 Å². The zero-order valence-electron chi connectivity index (χ0n) is 44.6. The van der Waals surface area contributed by atoms with Crippen LogP contribution in [0.15, 0.2) is 85.1 Å². The smallest absolute Gasteiger partial charge is 0.306 e. The van der Waals surface area contributed by atoms with Gasteiger partial charge in [-0.1, -0.05) is 228 Å². The van der Waals surface area contributed by atoms with Gasteiger partial charge in [0.1, 0.15) is 13.2 Å². The summed E-state index contributed by atoms with van der Waals surface area (Å²) in [7, 11) is 0. The third kappa shape index (κ3) is 53.5. The van der Waals surface area contributed by atoms with Crippen molar-refractivity contribution >= 4 is 17.9 Å². The SMILES string of the molecule is CC/C=C\C/C=C\C/C=C\C/C=C\CCCCCC(=O)OC(COC(=O)CCCCCCC/C=C\C=C/CCCCCCCCC)COC(=O)CCCCCCC/C=C\CCCCCCCCC. The molecule has 0 saturated carbocycles. The van der Waals surface area contributed by atoms with E-state index in [0.29, 0.717) is 12.8 Å². The molecule has 68 heavy (non-hydrogen) atoms. The van der Waals surface area contributed by atoms with Gasteiger partial charge in [-0.2, -0.15) is 0 Å². The average Bonchev–Trinajstić information content (AvgIpc) is 3.34. The van der Waals surface area contributed by atoms with Gasteiger partial charge in [0.05, 0.1) is 0 Å². The number of rotatable bonds is 51. The first-order valence-corrected chi connectivity index (χ1v) is 28.6. The van der Waals surface area contributed by atoms with E-state index in [-0.39, 0.29) is 37.5 Å². The molecule has 1 unspecified atom stereocenters. The van der Waals surface area contributed by atoms with Crippen LogP contribution >= 0.6 is 0 Å². The molecule has 1 atom stereocenters. The number of esters is 3. The molecule has 0 spiro atoms. The molecule has 390 valence electrons. The molecule has 6 heteroatoms. The minimum Gasteiger partial charge on any atom is -0.462 e. The Bertz CT molecular complexity index is 1320. The Balaban J connectivity index is 4.47. The predicted octanol–water partition coefficient (Wildman–Crippen LogP) is 19.2. The van der Waals surface area contributed by atoms with E-state index in [1.165, 1.54) is 116 Å². The van der Waals surface area contributed by atoms with Gasteiger partial charge in [0, 0.05) is 19.3 Å². The molecular weight excluding hydrogens is 841 g/mol. The fraction of sp³-hybridized carbons (Fsp3) is 0.726. The lowest BCUT2D eigenvalue weighted by molar-refractivity contribution is -0.167. The van der Waals surface area contributed by atoms with Crippen molar-refractivity contribution < 1.29 is 28.6 Å². The number of allylic oxidation sites excluding steroid dienone is 14. The quantitative estimate of drug-likeness (QED) is 0.0199. The van der Waals surface area contributed by atoms with Gasteiger partial charge in [0.2, 0.25) is 0 Å². The Kier molecular flexibility index (Phi) is 53.4.